The highest BCUT2D eigenvalue weighted by atomic mass is 79.9. The van der Waals surface area contributed by atoms with Crippen LogP contribution in [0.1, 0.15) is 10.4 Å². The zero-order valence-corrected chi connectivity index (χ0v) is 9.91. The molecule has 0 spiro atoms. The van der Waals surface area contributed by atoms with Crippen molar-refractivity contribution in [1.82, 2.24) is 9.55 Å². The van der Waals surface area contributed by atoms with Crippen LogP contribution in [-0.4, -0.2) is 22.6 Å². The summed E-state index contributed by atoms with van der Waals surface area (Å²) in [5.41, 5.74) is 2.04. The molecule has 0 saturated heterocycles. The summed E-state index contributed by atoms with van der Waals surface area (Å²) in [7, 11) is 3.23. The number of ether oxygens (including phenoxy) is 1. The van der Waals surface area contributed by atoms with Crippen molar-refractivity contribution in [3.05, 3.63) is 28.5 Å². The molecule has 2 heterocycles. The molecule has 0 aliphatic rings. The molecule has 2 aromatic rings. The fourth-order valence-electron chi connectivity index (χ4n) is 1.49. The van der Waals surface area contributed by atoms with Gasteiger partial charge in [-0.3, -0.25) is 0 Å². The first-order valence-electron chi connectivity index (χ1n) is 4.33. The number of aromatic nitrogens is 2. The van der Waals surface area contributed by atoms with Gasteiger partial charge in [0.1, 0.15) is 15.7 Å². The van der Waals surface area contributed by atoms with E-state index in [1.807, 2.05) is 23.7 Å². The number of aryl methyl sites for hydroxylation is 1. The predicted molar refractivity (Wildman–Crippen MR) is 59.8 cm³/mol. The Bertz CT molecular complexity index is 533. The fourth-order valence-corrected chi connectivity index (χ4v) is 1.80. The second-order valence-electron chi connectivity index (χ2n) is 3.15. The molecule has 15 heavy (non-hydrogen) atoms. The zero-order valence-electron chi connectivity index (χ0n) is 8.32. The van der Waals surface area contributed by atoms with Crippen LogP contribution in [0.3, 0.4) is 0 Å². The van der Waals surface area contributed by atoms with E-state index in [0.717, 1.165) is 5.52 Å². The van der Waals surface area contributed by atoms with Gasteiger partial charge in [-0.15, -0.1) is 0 Å². The molecule has 0 bridgehead atoms. The lowest BCUT2D eigenvalue weighted by molar-refractivity contribution is 0.0602. The van der Waals surface area contributed by atoms with Gasteiger partial charge in [0, 0.05) is 13.2 Å². The molecule has 4 nitrogen and oxygen atoms in total. The van der Waals surface area contributed by atoms with Gasteiger partial charge in [-0.25, -0.2) is 9.78 Å². The Kier molecular flexibility index (Phi) is 2.48. The van der Waals surface area contributed by atoms with E-state index < -0.39 is 0 Å². The minimum Gasteiger partial charge on any atom is -0.465 e. The number of hydrogen-bond acceptors (Lipinski definition) is 3. The lowest BCUT2D eigenvalue weighted by Gasteiger charge is -1.96. The van der Waals surface area contributed by atoms with E-state index in [2.05, 4.69) is 25.7 Å². The summed E-state index contributed by atoms with van der Waals surface area (Å²) < 4.78 is 7.24. The molecule has 0 unspecified atom stereocenters. The average Bonchev–Trinajstić information content (AvgIpc) is 2.54. The van der Waals surface area contributed by atoms with Crippen LogP contribution in [0.5, 0.6) is 0 Å². The Morgan fingerprint density at radius 2 is 2.27 bits per heavy atom. The number of carbonyl (C=O) groups excluding carboxylic acids is 1. The third kappa shape index (κ3) is 1.63. The topological polar surface area (TPSA) is 44.1 Å². The van der Waals surface area contributed by atoms with Crippen LogP contribution >= 0.6 is 15.9 Å². The minimum absolute atomic E-state index is 0.369. The van der Waals surface area contributed by atoms with Crippen LogP contribution in [0.15, 0.2) is 22.9 Å². The maximum atomic E-state index is 11.5. The molecule has 0 amide bonds. The first-order chi connectivity index (χ1) is 7.13. The predicted octanol–water partition coefficient (Wildman–Crippen LogP) is 2.12. The van der Waals surface area contributed by atoms with E-state index in [-0.39, 0.29) is 5.97 Å². The number of methoxy groups -OCH3 is 1. The molecule has 5 heteroatoms. The molecule has 78 valence electrons. The molecule has 0 N–H and O–H groups in total. The fraction of sp³-hybridized carbons (Fsp3) is 0.200. The van der Waals surface area contributed by atoms with E-state index in [1.165, 1.54) is 7.11 Å². The quantitative estimate of drug-likeness (QED) is 0.588. The Hall–Kier alpha value is -1.36. The molecule has 0 aromatic carbocycles. The van der Waals surface area contributed by atoms with Crippen LogP contribution in [-0.2, 0) is 11.8 Å². The number of rotatable bonds is 1. The summed E-state index contributed by atoms with van der Waals surface area (Å²) >= 11 is 3.27. The third-order valence-electron chi connectivity index (χ3n) is 2.20. The first kappa shape index (κ1) is 10.2. The SMILES string of the molecule is COC(=O)c1cn(C)c2ccc(Br)nc12. The second kappa shape index (κ2) is 3.66. The number of hydrogen-bond donors (Lipinski definition) is 0. The van der Waals surface area contributed by atoms with Crippen LogP contribution in [0.4, 0.5) is 0 Å². The van der Waals surface area contributed by atoms with E-state index in [1.54, 1.807) is 6.20 Å². The van der Waals surface area contributed by atoms with Crippen molar-refractivity contribution in [1.29, 1.82) is 0 Å². The molecule has 0 radical (unpaired) electrons. The molecule has 0 fully saturated rings. The third-order valence-corrected chi connectivity index (χ3v) is 2.64. The van der Waals surface area contributed by atoms with Crippen molar-refractivity contribution in [2.45, 2.75) is 0 Å². The number of pyridine rings is 1. The molecule has 2 rings (SSSR count). The summed E-state index contributed by atoms with van der Waals surface area (Å²) in [5.74, 6) is -0.369. The molecule has 0 aliphatic heterocycles. The number of fused-ring (bicyclic) bond motifs is 1. The van der Waals surface area contributed by atoms with Crippen LogP contribution < -0.4 is 0 Å². The maximum Gasteiger partial charge on any atom is 0.341 e. The van der Waals surface area contributed by atoms with Gasteiger partial charge in [0.2, 0.25) is 0 Å². The van der Waals surface area contributed by atoms with E-state index in [4.69, 9.17) is 0 Å². The highest BCUT2D eigenvalue weighted by Gasteiger charge is 2.15. The van der Waals surface area contributed by atoms with Crippen molar-refractivity contribution in [2.24, 2.45) is 7.05 Å². The van der Waals surface area contributed by atoms with Crippen LogP contribution in [0.25, 0.3) is 11.0 Å². The molecule has 0 atom stereocenters. The van der Waals surface area contributed by atoms with Gasteiger partial charge in [0.15, 0.2) is 0 Å². The molecule has 2 aromatic heterocycles. The van der Waals surface area contributed by atoms with Crippen LogP contribution in [0, 0.1) is 0 Å². The summed E-state index contributed by atoms with van der Waals surface area (Å²) in [6.07, 6.45) is 1.72. The largest absolute Gasteiger partial charge is 0.465 e. The van der Waals surface area contributed by atoms with Gasteiger partial charge >= 0.3 is 5.97 Å². The van der Waals surface area contributed by atoms with Crippen molar-refractivity contribution in [3.63, 3.8) is 0 Å². The van der Waals surface area contributed by atoms with Gasteiger partial charge < -0.3 is 9.30 Å². The number of nitrogens with zero attached hydrogens (tertiary/aromatic N) is 2. The first-order valence-corrected chi connectivity index (χ1v) is 5.12. The normalized spacial score (nSPS) is 10.6. The van der Waals surface area contributed by atoms with Crippen LogP contribution in [0.2, 0.25) is 0 Å². The summed E-state index contributed by atoms with van der Waals surface area (Å²) in [5, 5.41) is 0. The summed E-state index contributed by atoms with van der Waals surface area (Å²) in [4.78, 5) is 15.7. The number of carbonyl (C=O) groups is 1. The molecule has 0 saturated carbocycles. The lowest BCUT2D eigenvalue weighted by atomic mass is 10.3. The summed E-state index contributed by atoms with van der Waals surface area (Å²) in [6, 6.07) is 3.74. The molecule has 0 aliphatic carbocycles. The van der Waals surface area contributed by atoms with E-state index >= 15 is 0 Å². The van der Waals surface area contributed by atoms with Crippen molar-refractivity contribution < 1.29 is 9.53 Å². The van der Waals surface area contributed by atoms with Crippen molar-refractivity contribution >= 4 is 32.9 Å². The zero-order chi connectivity index (χ0) is 11.0. The van der Waals surface area contributed by atoms with Gasteiger partial charge in [-0.1, -0.05) is 0 Å². The van der Waals surface area contributed by atoms with Gasteiger partial charge in [0.05, 0.1) is 12.6 Å². The van der Waals surface area contributed by atoms with Crippen molar-refractivity contribution in [2.75, 3.05) is 7.11 Å². The second-order valence-corrected chi connectivity index (χ2v) is 3.96. The average molecular weight is 269 g/mol. The minimum atomic E-state index is -0.369. The highest BCUT2D eigenvalue weighted by Crippen LogP contribution is 2.21. The lowest BCUT2D eigenvalue weighted by Crippen LogP contribution is -2.00. The Morgan fingerprint density at radius 1 is 1.53 bits per heavy atom. The molecular weight excluding hydrogens is 260 g/mol. The molecular formula is C10H9BrN2O2. The van der Waals surface area contributed by atoms with Gasteiger partial charge in [-0.2, -0.15) is 0 Å². The number of esters is 1. The maximum absolute atomic E-state index is 11.5. The van der Waals surface area contributed by atoms with Crippen molar-refractivity contribution in [3.8, 4) is 0 Å². The number of halogens is 1. The Morgan fingerprint density at radius 3 is 2.93 bits per heavy atom. The standard InChI is InChI=1S/C10H9BrN2O2/c1-13-5-6(10(14)15-2)9-7(13)3-4-8(11)12-9/h3-5H,1-2H3. The highest BCUT2D eigenvalue weighted by molar-refractivity contribution is 9.10. The monoisotopic (exact) mass is 268 g/mol. The smallest absolute Gasteiger partial charge is 0.341 e. The Balaban J connectivity index is 2.75. The van der Waals surface area contributed by atoms with Gasteiger partial charge in [0.25, 0.3) is 0 Å². The van der Waals surface area contributed by atoms with Gasteiger partial charge in [-0.05, 0) is 28.1 Å². The summed E-state index contributed by atoms with van der Waals surface area (Å²) in [6.45, 7) is 0. The van der Waals surface area contributed by atoms with E-state index in [9.17, 15) is 4.79 Å². The van der Waals surface area contributed by atoms with E-state index in [0.29, 0.717) is 15.7 Å². The Labute approximate surface area is 95.0 Å².